The van der Waals surface area contributed by atoms with Crippen LogP contribution in [0, 0.1) is 0 Å². The predicted octanol–water partition coefficient (Wildman–Crippen LogP) is 31.2. The molecule has 0 fully saturated rings. The maximum atomic E-state index is 2.45. The van der Waals surface area contributed by atoms with Crippen molar-refractivity contribution in [1.82, 2.24) is 4.57 Å². The molecule has 0 radical (unpaired) electrons. The number of aromatic nitrogens is 1. The van der Waals surface area contributed by atoms with E-state index in [1.807, 2.05) is 0 Å². The van der Waals surface area contributed by atoms with Gasteiger partial charge in [-0.15, -0.1) is 0 Å². The van der Waals surface area contributed by atoms with Crippen molar-refractivity contribution in [2.75, 3.05) is 19.6 Å². The minimum atomic E-state index is 0.400. The highest BCUT2D eigenvalue weighted by Gasteiger charge is 2.29. The summed E-state index contributed by atoms with van der Waals surface area (Å²) in [5.74, 6) is 1.59. The zero-order valence-corrected chi connectivity index (χ0v) is 67.1. The Morgan fingerprint density at radius 3 is 0.895 bits per heavy atom. The third-order valence-electron chi connectivity index (χ3n) is 22.3. The van der Waals surface area contributed by atoms with E-state index in [0.717, 1.165) is 0 Å². The number of anilines is 10. The second-order valence-electron chi connectivity index (χ2n) is 31.2. The molecule has 16 aromatic rings. The molecule has 0 spiro atoms. The SMILES string of the molecule is CC(C)N1c2ccccc2-c2ccccc2-c2ccccc21.CC(C)N1c2ccccc2C=Cc2ccccc21.CC(C)c1ccc(N2c3ccccc3-c3ccccc3-c3ccccc32)cc1.CC(C)c1ccc(N2c3ccccc3C=Cc3ccccc32)cc1.CC(C)c1cccc2c1c1ccccc1n2-c1ccccc1. The van der Waals surface area contributed by atoms with Gasteiger partial charge < -0.3 is 24.2 Å². The van der Waals surface area contributed by atoms with Crippen LogP contribution in [0.2, 0.25) is 0 Å². The Labute approximate surface area is 675 Å². The van der Waals surface area contributed by atoms with Crippen LogP contribution < -0.4 is 19.6 Å². The second-order valence-corrected chi connectivity index (χ2v) is 31.2. The summed E-state index contributed by atoms with van der Waals surface area (Å²) in [5, 5.41) is 2.72. The highest BCUT2D eigenvalue weighted by atomic mass is 15.2. The molecule has 5 heterocycles. The van der Waals surface area contributed by atoms with E-state index in [1.54, 1.807) is 0 Å². The van der Waals surface area contributed by atoms with Gasteiger partial charge in [-0.25, -0.2) is 0 Å². The summed E-state index contributed by atoms with van der Waals surface area (Å²) in [6.45, 7) is 22.5. The van der Waals surface area contributed by atoms with E-state index in [0.29, 0.717) is 29.8 Å². The lowest BCUT2D eigenvalue weighted by Crippen LogP contribution is -2.26. The van der Waals surface area contributed by atoms with Crippen LogP contribution in [0.5, 0.6) is 0 Å². The summed E-state index contributed by atoms with van der Waals surface area (Å²) in [4.78, 5) is 9.61. The van der Waals surface area contributed by atoms with Crippen LogP contribution in [0.4, 0.5) is 56.9 Å². The molecule has 0 unspecified atom stereocenters. The molecule has 20 rings (SSSR count). The molecule has 0 atom stereocenters. The lowest BCUT2D eigenvalue weighted by atomic mass is 9.95. The van der Waals surface area contributed by atoms with Crippen molar-refractivity contribution in [1.29, 1.82) is 0 Å². The Bertz CT molecular complexity index is 5900. The van der Waals surface area contributed by atoms with Crippen LogP contribution in [0.25, 0.3) is 96.3 Å². The van der Waals surface area contributed by atoms with E-state index in [2.05, 4.69) is 482 Å². The van der Waals surface area contributed by atoms with Crippen molar-refractivity contribution in [2.24, 2.45) is 0 Å². The van der Waals surface area contributed by atoms with Gasteiger partial charge in [0.05, 0.1) is 33.8 Å². The highest BCUT2D eigenvalue weighted by Crippen LogP contribution is 2.52. The van der Waals surface area contributed by atoms with Crippen molar-refractivity contribution in [3.05, 3.63) is 403 Å². The molecule has 0 bridgehead atoms. The van der Waals surface area contributed by atoms with Gasteiger partial charge in [-0.1, -0.05) is 333 Å². The van der Waals surface area contributed by atoms with E-state index in [9.17, 15) is 0 Å². The standard InChI is InChI=1S/C27H23N.C23H21N.2C21H19N.C17H17N/c1-19(2)20-15-17-21(18-16-20)28-26-13-7-5-11-24(26)22-9-3-4-10-23(22)25-12-6-8-14-27(25)28;1-17(2)18-13-15-21(16-14-18)24-22-9-5-3-7-19(22)11-12-20-8-4-6-10-23(20)24;1-15(2)22-20-13-7-5-11-18(20)16-9-3-4-10-17(16)19-12-6-8-14-21(19)22;1-15(2)17-12-8-14-20-21(17)18-11-6-7-13-19(18)22(20)16-9-4-3-5-10-16;1-13(2)18-16-9-5-3-7-14(16)11-12-15-8-4-6-10-17(15)18/h3-19H,1-2H3;3-17H,1-2H3;2*3-15H,1-2H3;3-13H,1-2H3. The second kappa shape index (κ2) is 33.4. The van der Waals surface area contributed by atoms with Crippen molar-refractivity contribution in [2.45, 2.75) is 99.1 Å². The number of benzene rings is 15. The molecule has 5 nitrogen and oxygen atoms in total. The van der Waals surface area contributed by atoms with E-state index < -0.39 is 0 Å². The minimum Gasteiger partial charge on any atom is -0.338 e. The van der Waals surface area contributed by atoms with Crippen LogP contribution in [0.1, 0.15) is 126 Å². The van der Waals surface area contributed by atoms with Gasteiger partial charge in [0, 0.05) is 84.9 Å². The highest BCUT2D eigenvalue weighted by molar-refractivity contribution is 6.11. The summed E-state index contributed by atoms with van der Waals surface area (Å²) in [5.41, 5.74) is 35.7. The number of fused-ring (bicyclic) bond motifs is 17. The minimum absolute atomic E-state index is 0.400. The lowest BCUT2D eigenvalue weighted by molar-refractivity contribution is 0.788. The Balaban J connectivity index is 0.000000108. The van der Waals surface area contributed by atoms with Gasteiger partial charge >= 0.3 is 0 Å². The third-order valence-corrected chi connectivity index (χ3v) is 22.3. The fraction of sp³-hybridized carbons (Fsp3) is 0.138. The smallest absolute Gasteiger partial charge is 0.0543 e. The molecule has 0 N–H and O–H groups in total. The van der Waals surface area contributed by atoms with Crippen LogP contribution in [0.15, 0.2) is 364 Å². The quantitative estimate of drug-likeness (QED) is 0.151. The van der Waals surface area contributed by atoms with Gasteiger partial charge in [-0.2, -0.15) is 0 Å². The normalized spacial score (nSPS) is 12.4. The average molecular weight is 1480 g/mol. The third kappa shape index (κ3) is 14.9. The first-order valence-corrected chi connectivity index (χ1v) is 40.5. The number of hydrogen-bond acceptors (Lipinski definition) is 4. The Kier molecular flexibility index (Phi) is 21.9. The summed E-state index contributed by atoms with van der Waals surface area (Å²) in [6.07, 6.45) is 8.82. The van der Waals surface area contributed by atoms with Gasteiger partial charge in [0.25, 0.3) is 0 Å². The largest absolute Gasteiger partial charge is 0.338 e. The van der Waals surface area contributed by atoms with E-state index >= 15 is 0 Å². The number of hydrogen-bond donors (Lipinski definition) is 0. The molecule has 0 aliphatic carbocycles. The zero-order chi connectivity index (χ0) is 78.3. The summed E-state index contributed by atoms with van der Waals surface area (Å²) >= 11 is 0. The first-order chi connectivity index (χ1) is 55.8. The number of para-hydroxylation sites is 10. The van der Waals surface area contributed by atoms with Crippen LogP contribution >= 0.6 is 0 Å². The molecule has 4 aliphatic rings. The maximum Gasteiger partial charge on any atom is 0.0543 e. The Morgan fingerprint density at radius 2 is 0.500 bits per heavy atom. The number of rotatable bonds is 8. The maximum absolute atomic E-state index is 2.45. The molecule has 0 saturated heterocycles. The molecule has 4 aliphatic heterocycles. The van der Waals surface area contributed by atoms with Crippen molar-refractivity contribution >= 4 is 103 Å². The fourth-order valence-electron chi connectivity index (χ4n) is 16.8. The van der Waals surface area contributed by atoms with E-state index in [4.69, 9.17) is 0 Å². The van der Waals surface area contributed by atoms with Gasteiger partial charge in [0.1, 0.15) is 0 Å². The van der Waals surface area contributed by atoms with Crippen molar-refractivity contribution < 1.29 is 0 Å². The van der Waals surface area contributed by atoms with Gasteiger partial charge in [-0.05, 0) is 204 Å². The Hall–Kier alpha value is -13.2. The summed E-state index contributed by atoms with van der Waals surface area (Å²) < 4.78 is 2.37. The molecule has 15 aromatic carbocycles. The molecule has 560 valence electrons. The van der Waals surface area contributed by atoms with Crippen molar-refractivity contribution in [3.63, 3.8) is 0 Å². The zero-order valence-electron chi connectivity index (χ0n) is 67.1. The first kappa shape index (κ1) is 74.9. The van der Waals surface area contributed by atoms with Gasteiger partial charge in [0.2, 0.25) is 0 Å². The first-order valence-electron chi connectivity index (χ1n) is 40.5. The predicted molar refractivity (Wildman–Crippen MR) is 492 cm³/mol. The lowest BCUT2D eigenvalue weighted by Gasteiger charge is -2.30. The van der Waals surface area contributed by atoms with Crippen LogP contribution in [-0.2, 0) is 0 Å². The number of nitrogens with zero attached hydrogens (tertiary/aromatic N) is 5. The van der Waals surface area contributed by atoms with E-state index in [1.165, 1.54) is 168 Å². The van der Waals surface area contributed by atoms with Crippen LogP contribution in [-0.4, -0.2) is 16.7 Å². The topological polar surface area (TPSA) is 17.9 Å². The molecule has 114 heavy (non-hydrogen) atoms. The molecule has 5 heteroatoms. The molecular formula is C109H99N5. The molecule has 0 saturated carbocycles. The Morgan fingerprint density at radius 1 is 0.202 bits per heavy atom. The van der Waals surface area contributed by atoms with Gasteiger partial charge in [-0.3, -0.25) is 0 Å². The summed E-state index contributed by atoms with van der Waals surface area (Å²) in [7, 11) is 0. The average Bonchev–Trinajstić information content (AvgIpc) is 1.60. The summed E-state index contributed by atoms with van der Waals surface area (Å²) in [6, 6.07) is 131. The van der Waals surface area contributed by atoms with Gasteiger partial charge in [0.15, 0.2) is 0 Å². The fourth-order valence-corrected chi connectivity index (χ4v) is 16.8. The monoisotopic (exact) mass is 1480 g/mol. The van der Waals surface area contributed by atoms with E-state index in [-0.39, 0.29) is 0 Å². The van der Waals surface area contributed by atoms with Crippen molar-refractivity contribution in [3.8, 4) is 50.2 Å². The molecule has 1 aromatic heterocycles. The molecular weight excluding hydrogens is 1380 g/mol. The molecule has 0 amide bonds. The van der Waals surface area contributed by atoms with Crippen LogP contribution in [0.3, 0.4) is 0 Å².